The summed E-state index contributed by atoms with van der Waals surface area (Å²) in [6.07, 6.45) is 9.77. The summed E-state index contributed by atoms with van der Waals surface area (Å²) < 4.78 is 0. The van der Waals surface area contributed by atoms with Crippen LogP contribution in [0.25, 0.3) is 0 Å². The Kier molecular flexibility index (Phi) is 4.48. The Bertz CT molecular complexity index is 229. The Balaban J connectivity index is 1.97. The van der Waals surface area contributed by atoms with Gasteiger partial charge in [-0.25, -0.2) is 0 Å². The van der Waals surface area contributed by atoms with Gasteiger partial charge in [-0.3, -0.25) is 4.90 Å². The molecule has 2 aliphatic rings. The van der Waals surface area contributed by atoms with Crippen molar-refractivity contribution in [3.05, 3.63) is 0 Å². The number of rotatable bonds is 5. The zero-order chi connectivity index (χ0) is 12.3. The minimum Gasteiger partial charge on any atom is -0.329 e. The summed E-state index contributed by atoms with van der Waals surface area (Å²) >= 11 is 0. The number of hydrogen-bond donors (Lipinski definition) is 1. The lowest BCUT2D eigenvalue weighted by atomic mass is 9.82. The van der Waals surface area contributed by atoms with Gasteiger partial charge >= 0.3 is 0 Å². The summed E-state index contributed by atoms with van der Waals surface area (Å²) in [4.78, 5) is 2.73. The number of hydrogen-bond acceptors (Lipinski definition) is 2. The minimum atomic E-state index is 0.603. The average molecular weight is 238 g/mol. The van der Waals surface area contributed by atoms with Gasteiger partial charge in [0, 0.05) is 19.1 Å². The molecule has 1 saturated heterocycles. The molecule has 1 heterocycles. The molecule has 0 aromatic heterocycles. The van der Waals surface area contributed by atoms with E-state index in [0.717, 1.165) is 12.5 Å². The van der Waals surface area contributed by atoms with Crippen LogP contribution in [0.2, 0.25) is 0 Å². The standard InChI is InChI=1S/C15H30N2/c1-3-15(4-2)9-10-17(12-15)14(11-16)13-7-5-6-8-13/h13-14H,3-12,16H2,1-2H3. The van der Waals surface area contributed by atoms with Gasteiger partial charge in [-0.2, -0.15) is 0 Å². The summed E-state index contributed by atoms with van der Waals surface area (Å²) in [5, 5.41) is 0. The van der Waals surface area contributed by atoms with Gasteiger partial charge in [0.1, 0.15) is 0 Å². The van der Waals surface area contributed by atoms with Crippen LogP contribution < -0.4 is 5.73 Å². The molecule has 2 fully saturated rings. The third kappa shape index (κ3) is 2.68. The van der Waals surface area contributed by atoms with Crippen LogP contribution in [0.1, 0.15) is 58.8 Å². The maximum atomic E-state index is 6.06. The number of nitrogens with two attached hydrogens (primary N) is 1. The molecule has 1 saturated carbocycles. The van der Waals surface area contributed by atoms with Gasteiger partial charge in [-0.1, -0.05) is 26.7 Å². The Hall–Kier alpha value is -0.0800. The van der Waals surface area contributed by atoms with Gasteiger partial charge < -0.3 is 5.73 Å². The van der Waals surface area contributed by atoms with Gasteiger partial charge in [0.25, 0.3) is 0 Å². The summed E-state index contributed by atoms with van der Waals surface area (Å²) in [6, 6.07) is 0.678. The van der Waals surface area contributed by atoms with Crippen LogP contribution in [-0.2, 0) is 0 Å². The van der Waals surface area contributed by atoms with E-state index in [1.807, 2.05) is 0 Å². The van der Waals surface area contributed by atoms with Crippen molar-refractivity contribution in [1.29, 1.82) is 0 Å². The van der Waals surface area contributed by atoms with Gasteiger partial charge in [0.05, 0.1) is 0 Å². The molecule has 0 amide bonds. The highest BCUT2D eigenvalue weighted by Crippen LogP contribution is 2.40. The summed E-state index contributed by atoms with van der Waals surface area (Å²) in [7, 11) is 0. The molecule has 1 atom stereocenters. The van der Waals surface area contributed by atoms with Crippen molar-refractivity contribution in [2.45, 2.75) is 64.8 Å². The van der Waals surface area contributed by atoms with Crippen LogP contribution in [0.4, 0.5) is 0 Å². The topological polar surface area (TPSA) is 29.3 Å². The molecule has 2 rings (SSSR count). The Labute approximate surface area is 107 Å². The molecule has 0 aromatic carbocycles. The second kappa shape index (κ2) is 5.71. The highest BCUT2D eigenvalue weighted by Gasteiger charge is 2.39. The van der Waals surface area contributed by atoms with Gasteiger partial charge in [-0.05, 0) is 50.0 Å². The number of likely N-dealkylation sites (tertiary alicyclic amines) is 1. The summed E-state index contributed by atoms with van der Waals surface area (Å²) in [5.41, 5.74) is 6.67. The molecule has 1 unspecified atom stereocenters. The van der Waals surface area contributed by atoms with Crippen LogP contribution in [-0.4, -0.2) is 30.6 Å². The van der Waals surface area contributed by atoms with Crippen LogP contribution >= 0.6 is 0 Å². The Morgan fingerprint density at radius 3 is 2.35 bits per heavy atom. The minimum absolute atomic E-state index is 0.603. The van der Waals surface area contributed by atoms with Crippen molar-refractivity contribution in [2.24, 2.45) is 17.1 Å². The zero-order valence-corrected chi connectivity index (χ0v) is 11.8. The fourth-order valence-corrected chi connectivity index (χ4v) is 4.06. The lowest BCUT2D eigenvalue weighted by Crippen LogP contribution is -2.44. The predicted octanol–water partition coefficient (Wildman–Crippen LogP) is 3.02. The fraction of sp³-hybridized carbons (Fsp3) is 1.00. The quantitative estimate of drug-likeness (QED) is 0.798. The summed E-state index contributed by atoms with van der Waals surface area (Å²) in [6.45, 7) is 8.19. The van der Waals surface area contributed by atoms with Crippen molar-refractivity contribution in [3.8, 4) is 0 Å². The highest BCUT2D eigenvalue weighted by atomic mass is 15.2. The van der Waals surface area contributed by atoms with Crippen LogP contribution in [0.5, 0.6) is 0 Å². The second-order valence-corrected chi connectivity index (χ2v) is 6.28. The fourth-order valence-electron chi connectivity index (χ4n) is 4.06. The van der Waals surface area contributed by atoms with E-state index in [0.29, 0.717) is 11.5 Å². The Morgan fingerprint density at radius 1 is 1.24 bits per heavy atom. The van der Waals surface area contributed by atoms with E-state index < -0.39 is 0 Å². The van der Waals surface area contributed by atoms with Crippen LogP contribution in [0.3, 0.4) is 0 Å². The lowest BCUT2D eigenvalue weighted by Gasteiger charge is -2.34. The highest BCUT2D eigenvalue weighted by molar-refractivity contribution is 4.93. The maximum absolute atomic E-state index is 6.06. The van der Waals surface area contributed by atoms with E-state index >= 15 is 0 Å². The first-order valence-electron chi connectivity index (χ1n) is 7.69. The first-order valence-corrected chi connectivity index (χ1v) is 7.69. The smallest absolute Gasteiger partial charge is 0.0246 e. The second-order valence-electron chi connectivity index (χ2n) is 6.28. The molecular formula is C15H30N2. The molecule has 2 N–H and O–H groups in total. The van der Waals surface area contributed by atoms with E-state index in [9.17, 15) is 0 Å². The lowest BCUT2D eigenvalue weighted by molar-refractivity contribution is 0.152. The molecule has 0 radical (unpaired) electrons. The van der Waals surface area contributed by atoms with Crippen LogP contribution in [0, 0.1) is 11.3 Å². The summed E-state index contributed by atoms with van der Waals surface area (Å²) in [5.74, 6) is 0.893. The zero-order valence-electron chi connectivity index (χ0n) is 11.8. The molecule has 1 aliphatic carbocycles. The first kappa shape index (κ1) is 13.4. The molecule has 0 bridgehead atoms. The van der Waals surface area contributed by atoms with Gasteiger partial charge in [0.15, 0.2) is 0 Å². The van der Waals surface area contributed by atoms with Gasteiger partial charge in [0.2, 0.25) is 0 Å². The van der Waals surface area contributed by atoms with Crippen molar-refractivity contribution >= 4 is 0 Å². The predicted molar refractivity (Wildman–Crippen MR) is 74.0 cm³/mol. The van der Waals surface area contributed by atoms with Crippen molar-refractivity contribution in [2.75, 3.05) is 19.6 Å². The average Bonchev–Trinajstić information content (AvgIpc) is 3.00. The normalized spacial score (nSPS) is 27.7. The molecule has 0 spiro atoms. The molecule has 17 heavy (non-hydrogen) atoms. The number of nitrogens with zero attached hydrogens (tertiary/aromatic N) is 1. The molecule has 2 heteroatoms. The van der Waals surface area contributed by atoms with E-state index in [1.165, 1.54) is 58.0 Å². The first-order chi connectivity index (χ1) is 8.24. The van der Waals surface area contributed by atoms with Gasteiger partial charge in [-0.15, -0.1) is 0 Å². The van der Waals surface area contributed by atoms with Crippen molar-refractivity contribution < 1.29 is 0 Å². The van der Waals surface area contributed by atoms with E-state index in [2.05, 4.69) is 18.7 Å². The van der Waals surface area contributed by atoms with E-state index in [1.54, 1.807) is 0 Å². The van der Waals surface area contributed by atoms with E-state index in [4.69, 9.17) is 5.73 Å². The third-order valence-corrected chi connectivity index (χ3v) is 5.62. The molecule has 2 nitrogen and oxygen atoms in total. The monoisotopic (exact) mass is 238 g/mol. The molecule has 0 aromatic rings. The van der Waals surface area contributed by atoms with Crippen molar-refractivity contribution in [3.63, 3.8) is 0 Å². The largest absolute Gasteiger partial charge is 0.329 e. The van der Waals surface area contributed by atoms with E-state index in [-0.39, 0.29) is 0 Å². The molecular weight excluding hydrogens is 208 g/mol. The SMILES string of the molecule is CCC1(CC)CCN(C(CN)C2CCCC2)C1. The van der Waals surface area contributed by atoms with Crippen LogP contribution in [0.15, 0.2) is 0 Å². The Morgan fingerprint density at radius 2 is 1.88 bits per heavy atom. The molecule has 100 valence electrons. The third-order valence-electron chi connectivity index (χ3n) is 5.62. The van der Waals surface area contributed by atoms with Crippen molar-refractivity contribution in [1.82, 2.24) is 4.90 Å². The molecule has 1 aliphatic heterocycles. The maximum Gasteiger partial charge on any atom is 0.0246 e.